The normalized spacial score (nSPS) is 16.9. The number of rotatable bonds is 5. The fourth-order valence-electron chi connectivity index (χ4n) is 5.15. The number of benzene rings is 2. The number of ether oxygens (including phenoxy) is 3. The van der Waals surface area contributed by atoms with Gasteiger partial charge < -0.3 is 29.7 Å². The molecule has 0 bridgehead atoms. The Kier molecular flexibility index (Phi) is 7.40. The number of aromatic nitrogens is 2. The van der Waals surface area contributed by atoms with E-state index < -0.39 is 11.5 Å². The maximum atomic E-state index is 12.5. The molecule has 208 valence electrons. The Balaban J connectivity index is 1.44. The number of amides is 2. The standard InChI is InChI=1S/C29H37N5O5/c1-18-26-23(32-31-18)15-20(17-25(26)38-21-7-13-37-14-8-21)19-5-6-22(27(30)35)24(16-19)33-9-11-34(12-10-33)28(36)39-29(2,3)4/h5-6,15-17,21H,7-14H2,1-4H3,(H2,30,35)(H,31,32). The van der Waals surface area contributed by atoms with Gasteiger partial charge in [-0.2, -0.15) is 5.10 Å². The average molecular weight is 536 g/mol. The number of nitrogens with one attached hydrogen (secondary N) is 1. The predicted octanol–water partition coefficient (Wildman–Crippen LogP) is 4.25. The summed E-state index contributed by atoms with van der Waals surface area (Å²) >= 11 is 0. The molecule has 3 N–H and O–H groups in total. The van der Waals surface area contributed by atoms with Crippen molar-refractivity contribution in [2.45, 2.75) is 52.2 Å². The van der Waals surface area contributed by atoms with Crippen LogP contribution in [0.15, 0.2) is 30.3 Å². The number of primary amides is 1. The van der Waals surface area contributed by atoms with Crippen LogP contribution in [-0.2, 0) is 9.47 Å². The lowest BCUT2D eigenvalue weighted by atomic mass is 9.99. The van der Waals surface area contributed by atoms with Crippen LogP contribution < -0.4 is 15.4 Å². The predicted molar refractivity (Wildman–Crippen MR) is 149 cm³/mol. The lowest BCUT2D eigenvalue weighted by molar-refractivity contribution is 0.0239. The van der Waals surface area contributed by atoms with Crippen LogP contribution in [0.3, 0.4) is 0 Å². The van der Waals surface area contributed by atoms with Gasteiger partial charge in [0.2, 0.25) is 0 Å². The molecule has 2 saturated heterocycles. The number of aryl methyl sites for hydroxylation is 1. The van der Waals surface area contributed by atoms with Crippen LogP contribution in [-0.4, -0.2) is 78.2 Å². The molecule has 10 heteroatoms. The first-order valence-corrected chi connectivity index (χ1v) is 13.5. The minimum Gasteiger partial charge on any atom is -0.489 e. The van der Waals surface area contributed by atoms with Crippen LogP contribution in [0.1, 0.15) is 49.7 Å². The van der Waals surface area contributed by atoms with Gasteiger partial charge in [0, 0.05) is 39.0 Å². The van der Waals surface area contributed by atoms with E-state index in [1.165, 1.54) is 0 Å². The Morgan fingerprint density at radius 1 is 1.05 bits per heavy atom. The van der Waals surface area contributed by atoms with Crippen molar-refractivity contribution in [1.29, 1.82) is 0 Å². The lowest BCUT2D eigenvalue weighted by Crippen LogP contribution is -2.50. The smallest absolute Gasteiger partial charge is 0.410 e. The van der Waals surface area contributed by atoms with E-state index in [-0.39, 0.29) is 12.2 Å². The van der Waals surface area contributed by atoms with Crippen LogP contribution in [0.25, 0.3) is 22.0 Å². The summed E-state index contributed by atoms with van der Waals surface area (Å²) in [6.45, 7) is 11.0. The monoisotopic (exact) mass is 535 g/mol. The molecule has 5 rings (SSSR count). The van der Waals surface area contributed by atoms with Gasteiger partial charge in [-0.1, -0.05) is 6.07 Å². The first-order valence-electron chi connectivity index (χ1n) is 13.5. The van der Waals surface area contributed by atoms with Gasteiger partial charge >= 0.3 is 6.09 Å². The van der Waals surface area contributed by atoms with Crippen molar-refractivity contribution in [2.75, 3.05) is 44.3 Å². The van der Waals surface area contributed by atoms with E-state index in [0.29, 0.717) is 45.0 Å². The third-order valence-corrected chi connectivity index (χ3v) is 7.14. The van der Waals surface area contributed by atoms with Crippen LogP contribution in [0.4, 0.5) is 10.5 Å². The van der Waals surface area contributed by atoms with Gasteiger partial charge in [-0.05, 0) is 63.1 Å². The van der Waals surface area contributed by atoms with Crippen LogP contribution >= 0.6 is 0 Å². The second kappa shape index (κ2) is 10.8. The zero-order chi connectivity index (χ0) is 27.7. The first kappa shape index (κ1) is 26.8. The van der Waals surface area contributed by atoms with E-state index in [9.17, 15) is 9.59 Å². The molecule has 0 unspecified atom stereocenters. The quantitative estimate of drug-likeness (QED) is 0.501. The van der Waals surface area contributed by atoms with E-state index in [0.717, 1.165) is 52.0 Å². The molecule has 39 heavy (non-hydrogen) atoms. The number of nitrogens with two attached hydrogens (primary N) is 1. The molecule has 2 aromatic carbocycles. The van der Waals surface area contributed by atoms with Crippen LogP contribution in [0, 0.1) is 6.92 Å². The molecule has 0 saturated carbocycles. The molecule has 3 aromatic rings. The highest BCUT2D eigenvalue weighted by molar-refractivity contribution is 6.00. The highest BCUT2D eigenvalue weighted by Gasteiger charge is 2.28. The Labute approximate surface area is 228 Å². The summed E-state index contributed by atoms with van der Waals surface area (Å²) in [5.74, 6) is 0.293. The molecule has 2 fully saturated rings. The molecule has 1 aromatic heterocycles. The molecule has 10 nitrogen and oxygen atoms in total. The number of carbonyl (C=O) groups is 2. The first-order chi connectivity index (χ1) is 18.6. The maximum Gasteiger partial charge on any atom is 0.410 e. The van der Waals surface area contributed by atoms with Crippen molar-refractivity contribution in [3.8, 4) is 16.9 Å². The largest absolute Gasteiger partial charge is 0.489 e. The number of aromatic amines is 1. The van der Waals surface area contributed by atoms with Gasteiger partial charge in [0.25, 0.3) is 5.91 Å². The van der Waals surface area contributed by atoms with E-state index in [4.69, 9.17) is 19.9 Å². The Morgan fingerprint density at radius 3 is 2.44 bits per heavy atom. The lowest BCUT2D eigenvalue weighted by Gasteiger charge is -2.37. The minimum atomic E-state index is -0.552. The molecule has 3 heterocycles. The zero-order valence-corrected chi connectivity index (χ0v) is 23.1. The molecular weight excluding hydrogens is 498 g/mol. The van der Waals surface area contributed by atoms with E-state index in [2.05, 4.69) is 21.2 Å². The molecular formula is C29H37N5O5. The number of anilines is 1. The van der Waals surface area contributed by atoms with Gasteiger partial charge in [0.1, 0.15) is 17.5 Å². The Hall–Kier alpha value is -3.79. The van der Waals surface area contributed by atoms with Crippen molar-refractivity contribution in [3.63, 3.8) is 0 Å². The average Bonchev–Trinajstić information content (AvgIpc) is 3.28. The molecule has 2 amide bonds. The summed E-state index contributed by atoms with van der Waals surface area (Å²) in [5.41, 5.74) is 10.0. The van der Waals surface area contributed by atoms with Crippen molar-refractivity contribution in [3.05, 3.63) is 41.6 Å². The molecule has 0 spiro atoms. The van der Waals surface area contributed by atoms with Crippen molar-refractivity contribution < 1.29 is 23.8 Å². The number of H-pyrrole nitrogens is 1. The third-order valence-electron chi connectivity index (χ3n) is 7.14. The zero-order valence-electron chi connectivity index (χ0n) is 23.1. The fraction of sp³-hybridized carbons (Fsp3) is 0.483. The molecule has 0 radical (unpaired) electrons. The number of piperazine rings is 1. The molecule has 0 atom stereocenters. The van der Waals surface area contributed by atoms with Gasteiger partial charge in [-0.25, -0.2) is 4.79 Å². The highest BCUT2D eigenvalue weighted by atomic mass is 16.6. The summed E-state index contributed by atoms with van der Waals surface area (Å²) in [5, 5.41) is 8.51. The van der Waals surface area contributed by atoms with Crippen molar-refractivity contribution in [2.24, 2.45) is 5.73 Å². The highest BCUT2D eigenvalue weighted by Crippen LogP contribution is 2.37. The summed E-state index contributed by atoms with van der Waals surface area (Å²) in [7, 11) is 0. The summed E-state index contributed by atoms with van der Waals surface area (Å²) in [4.78, 5) is 28.7. The Bertz CT molecular complexity index is 1360. The van der Waals surface area contributed by atoms with Gasteiger partial charge in [0.15, 0.2) is 0 Å². The minimum absolute atomic E-state index is 0.0839. The molecule has 0 aliphatic carbocycles. The van der Waals surface area contributed by atoms with Crippen molar-refractivity contribution >= 4 is 28.6 Å². The van der Waals surface area contributed by atoms with Crippen molar-refractivity contribution in [1.82, 2.24) is 15.1 Å². The number of nitrogens with zero attached hydrogens (tertiary/aromatic N) is 3. The van der Waals surface area contributed by atoms with E-state index >= 15 is 0 Å². The second-order valence-corrected chi connectivity index (χ2v) is 11.2. The second-order valence-electron chi connectivity index (χ2n) is 11.2. The van der Waals surface area contributed by atoms with Crippen LogP contribution in [0.5, 0.6) is 5.75 Å². The summed E-state index contributed by atoms with van der Waals surface area (Å²) < 4.78 is 17.5. The number of fused-ring (bicyclic) bond motifs is 1. The SMILES string of the molecule is Cc1n[nH]c2cc(-c3ccc(C(N)=O)c(N4CCN(C(=O)OC(C)(C)C)CC4)c3)cc(OC3CCOCC3)c12. The maximum absolute atomic E-state index is 12.5. The van der Waals surface area contributed by atoms with E-state index in [1.54, 1.807) is 11.0 Å². The van der Waals surface area contributed by atoms with Gasteiger partial charge in [-0.15, -0.1) is 0 Å². The van der Waals surface area contributed by atoms with Gasteiger partial charge in [0.05, 0.1) is 41.1 Å². The number of carbonyl (C=O) groups excluding carboxylic acids is 2. The van der Waals surface area contributed by atoms with Crippen LogP contribution in [0.2, 0.25) is 0 Å². The summed E-state index contributed by atoms with van der Waals surface area (Å²) in [6, 6.07) is 9.77. The number of hydrogen-bond acceptors (Lipinski definition) is 7. The molecule has 2 aliphatic rings. The van der Waals surface area contributed by atoms with Gasteiger partial charge in [-0.3, -0.25) is 9.89 Å². The fourth-order valence-corrected chi connectivity index (χ4v) is 5.15. The topological polar surface area (TPSA) is 123 Å². The Morgan fingerprint density at radius 2 is 1.77 bits per heavy atom. The van der Waals surface area contributed by atoms with E-state index in [1.807, 2.05) is 45.9 Å². The third kappa shape index (κ3) is 5.95. The molecule has 2 aliphatic heterocycles. The summed E-state index contributed by atoms with van der Waals surface area (Å²) in [6.07, 6.45) is 1.44. The number of hydrogen-bond donors (Lipinski definition) is 2.